The molecular weight excluding hydrogens is 144 g/mol. The zero-order valence-corrected chi connectivity index (χ0v) is 8.77. The summed E-state index contributed by atoms with van der Waals surface area (Å²) in [5, 5.41) is 0. The highest BCUT2D eigenvalue weighted by Crippen LogP contribution is 2.67. The molecule has 0 N–H and O–H groups in total. The van der Waals surface area contributed by atoms with Gasteiger partial charge in [-0.25, -0.2) is 0 Å². The van der Waals surface area contributed by atoms with Crippen LogP contribution in [0.5, 0.6) is 0 Å². The molecule has 0 heteroatoms. The Morgan fingerprint density at radius 3 is 2.58 bits per heavy atom. The molecule has 0 aromatic rings. The molecule has 0 radical (unpaired) electrons. The third kappa shape index (κ3) is 1.03. The minimum Gasteiger partial charge on any atom is -0.0648 e. The molecule has 70 valence electrons. The molecule has 2 rings (SSSR count). The molecule has 3 atom stereocenters. The lowest BCUT2D eigenvalue weighted by atomic mass is 9.71. The van der Waals surface area contributed by atoms with Crippen LogP contribution >= 0.6 is 0 Å². The summed E-state index contributed by atoms with van der Waals surface area (Å²) >= 11 is 0. The van der Waals surface area contributed by atoms with Crippen molar-refractivity contribution in [3.8, 4) is 0 Å². The molecule has 2 fully saturated rings. The molecule has 0 amide bonds. The molecule has 0 aromatic heterocycles. The summed E-state index contributed by atoms with van der Waals surface area (Å²) in [7, 11) is 0. The maximum Gasteiger partial charge on any atom is -0.0238 e. The van der Waals surface area contributed by atoms with Crippen molar-refractivity contribution in [3.63, 3.8) is 0 Å². The molecule has 0 aliphatic heterocycles. The zero-order chi connectivity index (χ0) is 8.77. The standard InChI is InChI=1S/C12H22/c1-4-12-8-10(12)6-5-7-11(12)9(2)3/h9-11H,4-8H2,1-3H3. The first-order chi connectivity index (χ1) is 5.70. The molecule has 0 saturated heterocycles. The van der Waals surface area contributed by atoms with Crippen molar-refractivity contribution in [1.82, 2.24) is 0 Å². The van der Waals surface area contributed by atoms with Crippen molar-refractivity contribution >= 4 is 0 Å². The molecule has 12 heavy (non-hydrogen) atoms. The van der Waals surface area contributed by atoms with Crippen LogP contribution < -0.4 is 0 Å². The molecule has 0 heterocycles. The van der Waals surface area contributed by atoms with Crippen LogP contribution in [-0.4, -0.2) is 0 Å². The maximum atomic E-state index is 2.42. The summed E-state index contributed by atoms with van der Waals surface area (Å²) in [6.45, 7) is 7.24. The minimum atomic E-state index is 0.826. The van der Waals surface area contributed by atoms with Gasteiger partial charge in [-0.1, -0.05) is 27.2 Å². The maximum absolute atomic E-state index is 2.42. The van der Waals surface area contributed by atoms with Crippen molar-refractivity contribution in [1.29, 1.82) is 0 Å². The molecule has 2 saturated carbocycles. The average Bonchev–Trinajstić information content (AvgIpc) is 2.77. The monoisotopic (exact) mass is 166 g/mol. The second-order valence-electron chi connectivity index (χ2n) is 5.27. The minimum absolute atomic E-state index is 0.826. The van der Waals surface area contributed by atoms with E-state index in [1.54, 1.807) is 6.42 Å². The predicted octanol–water partition coefficient (Wildman–Crippen LogP) is 3.86. The number of rotatable bonds is 2. The van der Waals surface area contributed by atoms with E-state index in [0.29, 0.717) is 0 Å². The van der Waals surface area contributed by atoms with Gasteiger partial charge in [0, 0.05) is 0 Å². The fraction of sp³-hybridized carbons (Fsp3) is 1.00. The first kappa shape index (κ1) is 8.59. The van der Waals surface area contributed by atoms with E-state index in [1.165, 1.54) is 25.7 Å². The first-order valence-electron chi connectivity index (χ1n) is 5.70. The summed E-state index contributed by atoms with van der Waals surface area (Å²) in [5.74, 6) is 3.11. The van der Waals surface area contributed by atoms with Crippen LogP contribution in [0.1, 0.15) is 52.9 Å². The second-order valence-corrected chi connectivity index (χ2v) is 5.27. The summed E-state index contributed by atoms with van der Waals surface area (Å²) in [4.78, 5) is 0. The Labute approximate surface area is 76.7 Å². The van der Waals surface area contributed by atoms with E-state index in [0.717, 1.165) is 23.2 Å². The van der Waals surface area contributed by atoms with E-state index in [9.17, 15) is 0 Å². The fourth-order valence-electron chi connectivity index (χ4n) is 3.81. The molecule has 0 aromatic carbocycles. The number of hydrogen-bond acceptors (Lipinski definition) is 0. The molecule has 0 nitrogen and oxygen atoms in total. The fourth-order valence-corrected chi connectivity index (χ4v) is 3.81. The van der Waals surface area contributed by atoms with E-state index in [1.807, 2.05) is 0 Å². The van der Waals surface area contributed by atoms with Crippen LogP contribution in [0.25, 0.3) is 0 Å². The van der Waals surface area contributed by atoms with Gasteiger partial charge in [-0.3, -0.25) is 0 Å². The Bertz CT molecular complexity index is 171. The Balaban J connectivity index is 2.11. The van der Waals surface area contributed by atoms with Gasteiger partial charge in [0.15, 0.2) is 0 Å². The van der Waals surface area contributed by atoms with E-state index in [2.05, 4.69) is 20.8 Å². The SMILES string of the molecule is CCC12CC1CCCC2C(C)C. The highest BCUT2D eigenvalue weighted by molar-refractivity contribution is 5.08. The van der Waals surface area contributed by atoms with Crippen molar-refractivity contribution in [2.75, 3.05) is 0 Å². The first-order valence-corrected chi connectivity index (χ1v) is 5.70. The van der Waals surface area contributed by atoms with Crippen molar-refractivity contribution < 1.29 is 0 Å². The Kier molecular flexibility index (Phi) is 1.97. The molecule has 3 unspecified atom stereocenters. The quantitative estimate of drug-likeness (QED) is 0.584. The number of fused-ring (bicyclic) bond motifs is 1. The van der Waals surface area contributed by atoms with Crippen LogP contribution in [0.3, 0.4) is 0 Å². The topological polar surface area (TPSA) is 0 Å². The lowest BCUT2D eigenvalue weighted by molar-refractivity contribution is 0.154. The summed E-state index contributed by atoms with van der Waals surface area (Å²) in [6.07, 6.45) is 7.57. The van der Waals surface area contributed by atoms with Crippen LogP contribution in [0, 0.1) is 23.2 Å². The Morgan fingerprint density at radius 2 is 2.08 bits per heavy atom. The largest absolute Gasteiger partial charge is 0.0648 e. The van der Waals surface area contributed by atoms with E-state index in [-0.39, 0.29) is 0 Å². The van der Waals surface area contributed by atoms with Gasteiger partial charge in [-0.2, -0.15) is 0 Å². The van der Waals surface area contributed by atoms with Gasteiger partial charge >= 0.3 is 0 Å². The normalized spacial score (nSPS) is 46.0. The second kappa shape index (κ2) is 2.75. The summed E-state index contributed by atoms with van der Waals surface area (Å²) in [6, 6.07) is 0. The highest BCUT2D eigenvalue weighted by atomic mass is 14.6. The summed E-state index contributed by atoms with van der Waals surface area (Å²) < 4.78 is 0. The van der Waals surface area contributed by atoms with Crippen molar-refractivity contribution in [2.45, 2.75) is 52.9 Å². The van der Waals surface area contributed by atoms with Gasteiger partial charge in [0.25, 0.3) is 0 Å². The average molecular weight is 166 g/mol. The van der Waals surface area contributed by atoms with Gasteiger partial charge in [0.05, 0.1) is 0 Å². The van der Waals surface area contributed by atoms with Crippen LogP contribution in [0.4, 0.5) is 0 Å². The third-order valence-corrected chi connectivity index (χ3v) is 4.55. The molecule has 0 spiro atoms. The summed E-state index contributed by atoms with van der Waals surface area (Å²) in [5.41, 5.74) is 0.826. The Hall–Kier alpha value is 0. The van der Waals surface area contributed by atoms with Gasteiger partial charge in [-0.15, -0.1) is 0 Å². The van der Waals surface area contributed by atoms with Crippen molar-refractivity contribution in [3.05, 3.63) is 0 Å². The smallest absolute Gasteiger partial charge is 0.0238 e. The van der Waals surface area contributed by atoms with Gasteiger partial charge < -0.3 is 0 Å². The van der Waals surface area contributed by atoms with Gasteiger partial charge in [0.1, 0.15) is 0 Å². The Morgan fingerprint density at radius 1 is 1.33 bits per heavy atom. The van der Waals surface area contributed by atoms with Gasteiger partial charge in [0.2, 0.25) is 0 Å². The van der Waals surface area contributed by atoms with Crippen LogP contribution in [-0.2, 0) is 0 Å². The van der Waals surface area contributed by atoms with Gasteiger partial charge in [-0.05, 0) is 48.9 Å². The van der Waals surface area contributed by atoms with E-state index < -0.39 is 0 Å². The zero-order valence-electron chi connectivity index (χ0n) is 8.77. The lowest BCUT2D eigenvalue weighted by Gasteiger charge is -2.34. The van der Waals surface area contributed by atoms with E-state index in [4.69, 9.17) is 0 Å². The van der Waals surface area contributed by atoms with E-state index >= 15 is 0 Å². The molecule has 2 aliphatic rings. The highest BCUT2D eigenvalue weighted by Gasteiger charge is 2.58. The molecule has 2 aliphatic carbocycles. The van der Waals surface area contributed by atoms with Crippen LogP contribution in [0.15, 0.2) is 0 Å². The van der Waals surface area contributed by atoms with Crippen LogP contribution in [0.2, 0.25) is 0 Å². The number of hydrogen-bond donors (Lipinski definition) is 0. The molecular formula is C12H22. The third-order valence-electron chi connectivity index (χ3n) is 4.55. The molecule has 0 bridgehead atoms. The van der Waals surface area contributed by atoms with Crippen molar-refractivity contribution in [2.24, 2.45) is 23.2 Å². The lowest BCUT2D eigenvalue weighted by Crippen LogP contribution is -2.26. The predicted molar refractivity (Wildman–Crippen MR) is 53.0 cm³/mol.